The molecular formula is C16H20BFN2O5. The Bertz CT molecular complexity index is 616. The number of likely N-dealkylation sites (tertiary alicyclic amines) is 1. The predicted molar refractivity (Wildman–Crippen MR) is 89.2 cm³/mol. The van der Waals surface area contributed by atoms with Crippen molar-refractivity contribution in [2.75, 3.05) is 13.1 Å². The zero-order chi connectivity index (χ0) is 18.4. The molecule has 7 nitrogen and oxygen atoms in total. The van der Waals surface area contributed by atoms with E-state index in [-0.39, 0.29) is 19.5 Å². The molecule has 2 rings (SSSR count). The lowest BCUT2D eigenvalue weighted by Crippen LogP contribution is -2.49. The van der Waals surface area contributed by atoms with Gasteiger partial charge in [0.25, 0.3) is 0 Å². The highest BCUT2D eigenvalue weighted by atomic mass is 19.1. The molecule has 3 atom stereocenters. The fourth-order valence-electron chi connectivity index (χ4n) is 2.58. The Morgan fingerprint density at radius 1 is 1.40 bits per heavy atom. The Morgan fingerprint density at radius 2 is 2.08 bits per heavy atom. The van der Waals surface area contributed by atoms with Crippen LogP contribution in [0, 0.1) is 0 Å². The van der Waals surface area contributed by atoms with E-state index >= 15 is 0 Å². The minimum Gasteiger partial charge on any atom is -0.441 e. The fraction of sp³-hybridized carbons (Fsp3) is 0.375. The summed E-state index contributed by atoms with van der Waals surface area (Å²) in [7, 11) is -1.81. The Balaban J connectivity index is 1.91. The van der Waals surface area contributed by atoms with Gasteiger partial charge >= 0.3 is 13.2 Å². The van der Waals surface area contributed by atoms with Gasteiger partial charge in [0.15, 0.2) is 12.3 Å². The van der Waals surface area contributed by atoms with E-state index in [0.717, 1.165) is 11.6 Å². The summed E-state index contributed by atoms with van der Waals surface area (Å²) < 4.78 is 18.9. The molecule has 2 amide bonds. The first-order valence-corrected chi connectivity index (χ1v) is 7.83. The molecular weight excluding hydrogens is 330 g/mol. The van der Waals surface area contributed by atoms with Gasteiger partial charge in [-0.25, -0.2) is 9.18 Å². The van der Waals surface area contributed by atoms with E-state index in [9.17, 15) is 24.0 Å². The fourth-order valence-corrected chi connectivity index (χ4v) is 2.58. The average molecular weight is 350 g/mol. The van der Waals surface area contributed by atoms with Crippen LogP contribution in [-0.4, -0.2) is 65.4 Å². The van der Waals surface area contributed by atoms with Crippen LogP contribution in [0.5, 0.6) is 0 Å². The molecule has 9 heteroatoms. The maximum absolute atomic E-state index is 13.9. The molecule has 1 aliphatic rings. The van der Waals surface area contributed by atoms with Crippen molar-refractivity contribution >= 4 is 19.1 Å². The maximum Gasteiger partial charge on any atom is 0.475 e. The van der Waals surface area contributed by atoms with Crippen LogP contribution in [0.25, 0.3) is 0 Å². The van der Waals surface area contributed by atoms with E-state index in [1.54, 1.807) is 24.3 Å². The van der Waals surface area contributed by atoms with Crippen molar-refractivity contribution in [3.63, 3.8) is 0 Å². The van der Waals surface area contributed by atoms with Crippen molar-refractivity contribution in [1.29, 1.82) is 0 Å². The molecule has 1 aromatic rings. The van der Waals surface area contributed by atoms with Crippen LogP contribution in [0.2, 0.25) is 0 Å². The number of nitrogens with one attached hydrogen (secondary N) is 1. The van der Waals surface area contributed by atoms with Crippen molar-refractivity contribution < 1.29 is 28.8 Å². The summed E-state index contributed by atoms with van der Waals surface area (Å²) >= 11 is 0. The highest BCUT2D eigenvalue weighted by Crippen LogP contribution is 2.17. The lowest BCUT2D eigenvalue weighted by atomic mass is 9.76. The molecule has 1 aromatic carbocycles. The first-order valence-electron chi connectivity index (χ1n) is 7.83. The van der Waals surface area contributed by atoms with E-state index in [1.165, 1.54) is 4.90 Å². The van der Waals surface area contributed by atoms with Crippen LogP contribution in [-0.2, 0) is 16.0 Å². The van der Waals surface area contributed by atoms with E-state index in [0.29, 0.717) is 0 Å². The van der Waals surface area contributed by atoms with Crippen LogP contribution < -0.4 is 5.32 Å². The Morgan fingerprint density at radius 3 is 2.68 bits per heavy atom. The monoisotopic (exact) mass is 350 g/mol. The van der Waals surface area contributed by atoms with E-state index in [4.69, 9.17) is 4.74 Å². The minimum absolute atomic E-state index is 0.0789. The number of benzene rings is 1. The largest absolute Gasteiger partial charge is 0.475 e. The number of alkyl halides is 1. The third-order valence-electron chi connectivity index (χ3n) is 3.90. The first-order chi connectivity index (χ1) is 11.9. The average Bonchev–Trinajstić information content (AvgIpc) is 2.95. The highest BCUT2D eigenvalue weighted by molar-refractivity contribution is 6.43. The van der Waals surface area contributed by atoms with Crippen LogP contribution in [0.1, 0.15) is 5.56 Å². The van der Waals surface area contributed by atoms with E-state index < -0.39 is 37.3 Å². The van der Waals surface area contributed by atoms with Crippen LogP contribution in [0.3, 0.4) is 0 Å². The molecule has 1 aliphatic heterocycles. The summed E-state index contributed by atoms with van der Waals surface area (Å²) in [6.45, 7) is 3.06. The smallest absolute Gasteiger partial charge is 0.441 e. The third-order valence-corrected chi connectivity index (χ3v) is 3.90. The number of rotatable bonds is 6. The first kappa shape index (κ1) is 18.9. The number of halogens is 1. The molecule has 25 heavy (non-hydrogen) atoms. The van der Waals surface area contributed by atoms with Gasteiger partial charge in [-0.3, -0.25) is 4.79 Å². The molecule has 1 fully saturated rings. The zero-order valence-corrected chi connectivity index (χ0v) is 13.5. The third kappa shape index (κ3) is 5.30. The van der Waals surface area contributed by atoms with Crippen molar-refractivity contribution in [2.24, 2.45) is 0 Å². The molecule has 0 saturated carbocycles. The van der Waals surface area contributed by atoms with E-state index in [2.05, 4.69) is 11.9 Å². The van der Waals surface area contributed by atoms with Gasteiger partial charge in [0.05, 0.1) is 19.0 Å². The van der Waals surface area contributed by atoms with Gasteiger partial charge in [0.2, 0.25) is 5.91 Å². The maximum atomic E-state index is 13.9. The summed E-state index contributed by atoms with van der Waals surface area (Å²) in [4.78, 5) is 24.6. The van der Waals surface area contributed by atoms with Crippen LogP contribution >= 0.6 is 0 Å². The van der Waals surface area contributed by atoms with Gasteiger partial charge in [-0.2, -0.15) is 0 Å². The molecule has 1 heterocycles. The zero-order valence-electron chi connectivity index (χ0n) is 13.5. The SMILES string of the molecule is C=CC(=O)N1CC(OC(=O)N[C@@H](Cc2ccccc2)B(O)O)[C@@H](F)C1. The van der Waals surface area contributed by atoms with Gasteiger partial charge < -0.3 is 25.0 Å². The van der Waals surface area contributed by atoms with Crippen molar-refractivity contribution in [3.05, 3.63) is 48.6 Å². The summed E-state index contributed by atoms with van der Waals surface area (Å²) in [5, 5.41) is 21.2. The molecule has 3 N–H and O–H groups in total. The summed E-state index contributed by atoms with van der Waals surface area (Å²) in [6.07, 6.45) is -2.38. The number of nitrogens with zero attached hydrogens (tertiary/aromatic N) is 1. The van der Waals surface area contributed by atoms with Gasteiger partial charge in [0, 0.05) is 0 Å². The van der Waals surface area contributed by atoms with Crippen molar-refractivity contribution in [2.45, 2.75) is 24.6 Å². The molecule has 0 aromatic heterocycles. The van der Waals surface area contributed by atoms with Gasteiger partial charge in [-0.1, -0.05) is 36.9 Å². The van der Waals surface area contributed by atoms with Gasteiger partial charge in [-0.05, 0) is 18.1 Å². The second-order valence-corrected chi connectivity index (χ2v) is 5.76. The summed E-state index contributed by atoms with van der Waals surface area (Å²) in [5.41, 5.74) is 0.785. The Labute approximate surface area is 145 Å². The highest BCUT2D eigenvalue weighted by Gasteiger charge is 2.38. The second-order valence-electron chi connectivity index (χ2n) is 5.76. The number of ether oxygens (including phenoxy) is 1. The molecule has 0 radical (unpaired) electrons. The molecule has 0 spiro atoms. The lowest BCUT2D eigenvalue weighted by molar-refractivity contribution is -0.125. The second kappa shape index (κ2) is 8.64. The Kier molecular flexibility index (Phi) is 6.54. The van der Waals surface area contributed by atoms with Gasteiger partial charge in [0.1, 0.15) is 0 Å². The predicted octanol–water partition coefficient (Wildman–Crippen LogP) is 0.0708. The van der Waals surface area contributed by atoms with Gasteiger partial charge in [-0.15, -0.1) is 0 Å². The number of hydrogen-bond donors (Lipinski definition) is 3. The van der Waals surface area contributed by atoms with Crippen molar-refractivity contribution in [3.8, 4) is 0 Å². The Hall–Kier alpha value is -2.39. The molecule has 1 unspecified atom stereocenters. The standard InChI is InChI=1S/C16H20BFN2O5/c1-2-15(21)20-9-12(18)13(10-20)25-16(22)19-14(17(23)24)8-11-6-4-3-5-7-11/h2-7,12-14,23-24H,1,8-10H2,(H,19,22)/t12-,13?,14-/m0/s1. The quantitative estimate of drug-likeness (QED) is 0.498. The number of alkyl carbamates (subject to hydrolysis) is 1. The molecule has 1 saturated heterocycles. The van der Waals surface area contributed by atoms with Crippen LogP contribution in [0.4, 0.5) is 9.18 Å². The lowest BCUT2D eigenvalue weighted by Gasteiger charge is -2.20. The minimum atomic E-state index is -1.81. The summed E-state index contributed by atoms with van der Waals surface area (Å²) in [6, 6.07) is 8.93. The molecule has 134 valence electrons. The van der Waals surface area contributed by atoms with E-state index in [1.807, 2.05) is 6.07 Å². The number of hydrogen-bond acceptors (Lipinski definition) is 5. The number of carbonyl (C=O) groups is 2. The molecule has 0 aliphatic carbocycles. The van der Waals surface area contributed by atoms with Crippen molar-refractivity contribution in [1.82, 2.24) is 10.2 Å². The number of carbonyl (C=O) groups excluding carboxylic acids is 2. The normalized spacial score (nSPS) is 20.7. The molecule has 0 bridgehead atoms. The topological polar surface area (TPSA) is 99.1 Å². The van der Waals surface area contributed by atoms with Crippen LogP contribution in [0.15, 0.2) is 43.0 Å². The summed E-state index contributed by atoms with van der Waals surface area (Å²) in [5.74, 6) is -1.46. The number of amides is 2.